The van der Waals surface area contributed by atoms with Gasteiger partial charge in [0.2, 0.25) is 0 Å². The van der Waals surface area contributed by atoms with Gasteiger partial charge in [0, 0.05) is 17.6 Å². The molecule has 2 heteroatoms. The number of para-hydroxylation sites is 1. The molecular formula is C17H20N2. The lowest BCUT2D eigenvalue weighted by Gasteiger charge is -2.24. The van der Waals surface area contributed by atoms with E-state index >= 15 is 0 Å². The summed E-state index contributed by atoms with van der Waals surface area (Å²) in [5, 5.41) is 4.78. The van der Waals surface area contributed by atoms with Crippen LogP contribution in [0.25, 0.3) is 10.9 Å². The molecule has 3 unspecified atom stereocenters. The van der Waals surface area contributed by atoms with Gasteiger partial charge in [-0.1, -0.05) is 18.2 Å². The number of benzene rings is 1. The Kier molecular flexibility index (Phi) is 2.59. The van der Waals surface area contributed by atoms with Crippen molar-refractivity contribution in [1.82, 2.24) is 10.3 Å². The lowest BCUT2D eigenvalue weighted by molar-refractivity contribution is 0.359. The summed E-state index contributed by atoms with van der Waals surface area (Å²) in [7, 11) is 2.09. The summed E-state index contributed by atoms with van der Waals surface area (Å²) >= 11 is 0. The van der Waals surface area contributed by atoms with E-state index in [0.717, 1.165) is 23.3 Å². The smallest absolute Gasteiger partial charge is 0.0702 e. The largest absolute Gasteiger partial charge is 0.313 e. The topological polar surface area (TPSA) is 24.9 Å². The van der Waals surface area contributed by atoms with Crippen molar-refractivity contribution in [1.29, 1.82) is 0 Å². The first-order valence-electron chi connectivity index (χ1n) is 7.37. The van der Waals surface area contributed by atoms with Gasteiger partial charge in [0.05, 0.1) is 5.52 Å². The molecule has 2 nitrogen and oxygen atoms in total. The van der Waals surface area contributed by atoms with Crippen LogP contribution in [0, 0.1) is 17.8 Å². The maximum absolute atomic E-state index is 4.61. The molecule has 98 valence electrons. The van der Waals surface area contributed by atoms with Crippen LogP contribution in [-0.4, -0.2) is 12.0 Å². The molecule has 19 heavy (non-hydrogen) atoms. The number of fused-ring (bicyclic) bond motifs is 2. The lowest BCUT2D eigenvalue weighted by atomic mass is 9.89. The maximum atomic E-state index is 4.61. The Bertz CT molecular complexity index is 597. The summed E-state index contributed by atoms with van der Waals surface area (Å²) in [6.07, 6.45) is 6.36. The van der Waals surface area contributed by atoms with Crippen molar-refractivity contribution in [2.75, 3.05) is 7.05 Å². The number of hydrogen-bond acceptors (Lipinski definition) is 2. The van der Waals surface area contributed by atoms with Crippen LogP contribution in [0.3, 0.4) is 0 Å². The molecule has 0 aliphatic heterocycles. The second kappa shape index (κ2) is 4.31. The minimum absolute atomic E-state index is 0.477. The minimum atomic E-state index is 0.477. The zero-order valence-corrected chi connectivity index (χ0v) is 11.3. The predicted octanol–water partition coefficient (Wildman–Crippen LogP) is 3.54. The summed E-state index contributed by atoms with van der Waals surface area (Å²) < 4.78 is 0. The molecule has 3 atom stereocenters. The molecule has 2 saturated carbocycles. The van der Waals surface area contributed by atoms with Crippen LogP contribution in [0.4, 0.5) is 0 Å². The molecule has 4 rings (SSSR count). The third kappa shape index (κ3) is 1.95. The van der Waals surface area contributed by atoms with Gasteiger partial charge in [-0.15, -0.1) is 0 Å². The Morgan fingerprint density at radius 2 is 1.95 bits per heavy atom. The van der Waals surface area contributed by atoms with Crippen molar-refractivity contribution < 1.29 is 0 Å². The van der Waals surface area contributed by atoms with Gasteiger partial charge < -0.3 is 5.32 Å². The van der Waals surface area contributed by atoms with E-state index in [4.69, 9.17) is 0 Å². The van der Waals surface area contributed by atoms with E-state index in [0.29, 0.717) is 6.04 Å². The van der Waals surface area contributed by atoms with E-state index in [1.807, 2.05) is 0 Å². The van der Waals surface area contributed by atoms with Crippen molar-refractivity contribution in [2.24, 2.45) is 17.8 Å². The third-order valence-corrected chi connectivity index (χ3v) is 5.03. The van der Waals surface area contributed by atoms with Crippen molar-refractivity contribution in [3.05, 3.63) is 42.1 Å². The molecule has 1 aromatic heterocycles. The SMILES string of the molecule is CNC(c1cnc2ccccc2c1)C1CC2CC2C1. The molecule has 2 aromatic rings. The molecule has 1 heterocycles. The van der Waals surface area contributed by atoms with Crippen LogP contribution < -0.4 is 5.32 Å². The number of pyridine rings is 1. The highest BCUT2D eigenvalue weighted by molar-refractivity contribution is 5.78. The first-order chi connectivity index (χ1) is 9.35. The van der Waals surface area contributed by atoms with Crippen LogP contribution in [0.15, 0.2) is 36.5 Å². The predicted molar refractivity (Wildman–Crippen MR) is 77.9 cm³/mol. The molecular weight excluding hydrogens is 232 g/mol. The van der Waals surface area contributed by atoms with Gasteiger partial charge in [0.1, 0.15) is 0 Å². The average molecular weight is 252 g/mol. The normalized spacial score (nSPS) is 30.3. The van der Waals surface area contributed by atoms with Crippen LogP contribution in [0.2, 0.25) is 0 Å². The first kappa shape index (κ1) is 11.4. The quantitative estimate of drug-likeness (QED) is 0.903. The summed E-state index contributed by atoms with van der Waals surface area (Å²) in [6.45, 7) is 0. The van der Waals surface area contributed by atoms with E-state index in [1.54, 1.807) is 0 Å². The van der Waals surface area contributed by atoms with Gasteiger partial charge in [-0.25, -0.2) is 0 Å². The molecule has 0 radical (unpaired) electrons. The van der Waals surface area contributed by atoms with Gasteiger partial charge in [-0.3, -0.25) is 4.98 Å². The summed E-state index contributed by atoms with van der Waals surface area (Å²) in [5.41, 5.74) is 2.45. The molecule has 0 spiro atoms. The molecule has 0 amide bonds. The molecule has 2 fully saturated rings. The molecule has 0 bridgehead atoms. The summed E-state index contributed by atoms with van der Waals surface area (Å²) in [4.78, 5) is 4.61. The van der Waals surface area contributed by atoms with E-state index in [2.05, 4.69) is 53.9 Å². The lowest BCUT2D eigenvalue weighted by Crippen LogP contribution is -2.24. The van der Waals surface area contributed by atoms with Crippen LogP contribution in [-0.2, 0) is 0 Å². The van der Waals surface area contributed by atoms with Crippen molar-refractivity contribution in [3.8, 4) is 0 Å². The Morgan fingerprint density at radius 1 is 1.16 bits per heavy atom. The van der Waals surface area contributed by atoms with Crippen molar-refractivity contribution in [2.45, 2.75) is 25.3 Å². The second-order valence-corrected chi connectivity index (χ2v) is 6.22. The maximum Gasteiger partial charge on any atom is 0.0702 e. The highest BCUT2D eigenvalue weighted by Crippen LogP contribution is 2.57. The zero-order valence-electron chi connectivity index (χ0n) is 11.3. The summed E-state index contributed by atoms with van der Waals surface area (Å²) in [5.74, 6) is 2.88. The number of nitrogens with zero attached hydrogens (tertiary/aromatic N) is 1. The van der Waals surface area contributed by atoms with E-state index in [9.17, 15) is 0 Å². The Morgan fingerprint density at radius 3 is 2.74 bits per heavy atom. The van der Waals surface area contributed by atoms with Crippen LogP contribution in [0.1, 0.15) is 30.9 Å². The molecule has 2 aliphatic carbocycles. The number of aromatic nitrogens is 1. The molecule has 1 N–H and O–H groups in total. The standard InChI is InChI=1S/C17H20N2/c1-18-17(14-8-12-7-13(12)9-14)15-6-11-4-2-3-5-16(11)19-10-15/h2-6,10,12-14,17-18H,7-9H2,1H3. The van der Waals surface area contributed by atoms with Gasteiger partial charge in [-0.2, -0.15) is 0 Å². The third-order valence-electron chi connectivity index (χ3n) is 5.03. The highest BCUT2D eigenvalue weighted by Gasteiger charge is 2.47. The van der Waals surface area contributed by atoms with Gasteiger partial charge in [-0.05, 0) is 61.8 Å². The van der Waals surface area contributed by atoms with Gasteiger partial charge >= 0.3 is 0 Å². The Labute approximate surface area is 114 Å². The number of nitrogens with one attached hydrogen (secondary N) is 1. The second-order valence-electron chi connectivity index (χ2n) is 6.22. The fraction of sp³-hybridized carbons (Fsp3) is 0.471. The van der Waals surface area contributed by atoms with Crippen LogP contribution in [0.5, 0.6) is 0 Å². The van der Waals surface area contributed by atoms with Gasteiger partial charge in [0.25, 0.3) is 0 Å². The van der Waals surface area contributed by atoms with E-state index in [-0.39, 0.29) is 0 Å². The van der Waals surface area contributed by atoms with Gasteiger partial charge in [0.15, 0.2) is 0 Å². The van der Waals surface area contributed by atoms with Crippen molar-refractivity contribution in [3.63, 3.8) is 0 Å². The molecule has 1 aromatic carbocycles. The van der Waals surface area contributed by atoms with Crippen LogP contribution >= 0.6 is 0 Å². The highest BCUT2D eigenvalue weighted by atomic mass is 14.9. The van der Waals surface area contributed by atoms with Crippen molar-refractivity contribution >= 4 is 10.9 Å². The van der Waals surface area contributed by atoms with E-state index < -0.39 is 0 Å². The molecule has 0 saturated heterocycles. The number of hydrogen-bond donors (Lipinski definition) is 1. The number of rotatable bonds is 3. The fourth-order valence-electron chi connectivity index (χ4n) is 3.97. The first-order valence-corrected chi connectivity index (χ1v) is 7.37. The Balaban J connectivity index is 1.67. The fourth-order valence-corrected chi connectivity index (χ4v) is 3.97. The van der Waals surface area contributed by atoms with E-state index in [1.165, 1.54) is 30.2 Å². The Hall–Kier alpha value is -1.41. The summed E-state index contributed by atoms with van der Waals surface area (Å²) in [6, 6.07) is 11.2. The monoisotopic (exact) mass is 252 g/mol. The molecule has 2 aliphatic rings. The zero-order chi connectivity index (χ0) is 12.8. The minimum Gasteiger partial charge on any atom is -0.313 e. The average Bonchev–Trinajstić information content (AvgIpc) is 3.06.